The van der Waals surface area contributed by atoms with Crippen LogP contribution in [0.1, 0.15) is 36.2 Å². The van der Waals surface area contributed by atoms with Crippen molar-refractivity contribution in [3.05, 3.63) is 34.0 Å². The van der Waals surface area contributed by atoms with E-state index in [2.05, 4.69) is 42.8 Å². The van der Waals surface area contributed by atoms with Gasteiger partial charge in [0, 0.05) is 17.0 Å². The van der Waals surface area contributed by atoms with E-state index in [1.807, 2.05) is 11.3 Å². The zero-order chi connectivity index (χ0) is 9.97. The van der Waals surface area contributed by atoms with Crippen LogP contribution in [0.25, 0.3) is 0 Å². The van der Waals surface area contributed by atoms with Crippen LogP contribution in [0.15, 0.2) is 23.6 Å². The Balaban J connectivity index is 1.95. The SMILES string of the molecule is Cc1ccsc1C(C)NC1CC=CC1. The summed E-state index contributed by atoms with van der Waals surface area (Å²) in [6, 6.07) is 3.36. The van der Waals surface area contributed by atoms with Gasteiger partial charge in [-0.1, -0.05) is 12.2 Å². The highest BCUT2D eigenvalue weighted by Crippen LogP contribution is 2.25. The van der Waals surface area contributed by atoms with E-state index >= 15 is 0 Å². The van der Waals surface area contributed by atoms with Crippen molar-refractivity contribution in [3.63, 3.8) is 0 Å². The van der Waals surface area contributed by atoms with Crippen LogP contribution in [0.2, 0.25) is 0 Å². The summed E-state index contributed by atoms with van der Waals surface area (Å²) in [5.74, 6) is 0. The Labute approximate surface area is 89.8 Å². The van der Waals surface area contributed by atoms with E-state index < -0.39 is 0 Å². The minimum absolute atomic E-state index is 0.500. The molecular weight excluding hydrogens is 190 g/mol. The molecule has 2 heteroatoms. The summed E-state index contributed by atoms with van der Waals surface area (Å²) in [5, 5.41) is 5.85. The maximum atomic E-state index is 3.67. The van der Waals surface area contributed by atoms with Crippen molar-refractivity contribution in [2.45, 2.75) is 38.8 Å². The second kappa shape index (κ2) is 4.28. The van der Waals surface area contributed by atoms with Crippen LogP contribution in [0.4, 0.5) is 0 Å². The lowest BCUT2D eigenvalue weighted by Crippen LogP contribution is -2.28. The Kier molecular flexibility index (Phi) is 3.04. The Morgan fingerprint density at radius 2 is 2.14 bits per heavy atom. The summed E-state index contributed by atoms with van der Waals surface area (Å²) >= 11 is 1.86. The molecule has 0 saturated heterocycles. The van der Waals surface area contributed by atoms with Gasteiger partial charge >= 0.3 is 0 Å². The summed E-state index contributed by atoms with van der Waals surface area (Å²) in [6.45, 7) is 4.45. The molecule has 1 unspecified atom stereocenters. The molecule has 0 aliphatic heterocycles. The first kappa shape index (κ1) is 9.94. The fourth-order valence-corrected chi connectivity index (χ4v) is 2.96. The largest absolute Gasteiger partial charge is 0.306 e. The average molecular weight is 207 g/mol. The lowest BCUT2D eigenvalue weighted by atomic mass is 10.1. The van der Waals surface area contributed by atoms with Gasteiger partial charge < -0.3 is 5.32 Å². The number of aryl methyl sites for hydroxylation is 1. The van der Waals surface area contributed by atoms with Crippen molar-refractivity contribution in [2.24, 2.45) is 0 Å². The summed E-state index contributed by atoms with van der Waals surface area (Å²) in [5.41, 5.74) is 1.42. The molecule has 1 atom stereocenters. The predicted octanol–water partition coefficient (Wildman–Crippen LogP) is 3.43. The van der Waals surface area contributed by atoms with Gasteiger partial charge in [0.1, 0.15) is 0 Å². The van der Waals surface area contributed by atoms with Crippen molar-refractivity contribution in [1.29, 1.82) is 0 Å². The van der Waals surface area contributed by atoms with Crippen LogP contribution < -0.4 is 5.32 Å². The second-order valence-corrected chi connectivity index (χ2v) is 4.94. The normalized spacial score (nSPS) is 19.0. The molecule has 1 aromatic rings. The lowest BCUT2D eigenvalue weighted by molar-refractivity contribution is 0.475. The maximum absolute atomic E-state index is 3.67. The van der Waals surface area contributed by atoms with Crippen molar-refractivity contribution < 1.29 is 0 Å². The number of thiophene rings is 1. The molecule has 0 fully saturated rings. The summed E-state index contributed by atoms with van der Waals surface area (Å²) < 4.78 is 0. The second-order valence-electron chi connectivity index (χ2n) is 4.00. The van der Waals surface area contributed by atoms with Crippen molar-refractivity contribution >= 4 is 11.3 Å². The minimum Gasteiger partial charge on any atom is -0.306 e. The quantitative estimate of drug-likeness (QED) is 0.749. The molecule has 14 heavy (non-hydrogen) atoms. The van der Waals surface area contributed by atoms with E-state index in [1.54, 1.807) is 0 Å². The van der Waals surface area contributed by atoms with E-state index in [1.165, 1.54) is 23.3 Å². The van der Waals surface area contributed by atoms with Gasteiger partial charge in [0.25, 0.3) is 0 Å². The third-order valence-electron chi connectivity index (χ3n) is 2.79. The van der Waals surface area contributed by atoms with Crippen LogP contribution in [-0.2, 0) is 0 Å². The molecule has 0 bridgehead atoms. The molecule has 1 heterocycles. The smallest absolute Gasteiger partial charge is 0.0391 e. The van der Waals surface area contributed by atoms with E-state index in [0.29, 0.717) is 12.1 Å². The van der Waals surface area contributed by atoms with Gasteiger partial charge in [0.05, 0.1) is 0 Å². The van der Waals surface area contributed by atoms with Crippen LogP contribution in [0, 0.1) is 6.92 Å². The zero-order valence-electron chi connectivity index (χ0n) is 8.79. The van der Waals surface area contributed by atoms with E-state index in [0.717, 1.165) is 0 Å². The van der Waals surface area contributed by atoms with Gasteiger partial charge in [-0.05, 0) is 43.7 Å². The molecule has 76 valence electrons. The van der Waals surface area contributed by atoms with Gasteiger partial charge in [-0.25, -0.2) is 0 Å². The minimum atomic E-state index is 0.500. The standard InChI is InChI=1S/C12H17NS/c1-9-7-8-14-12(9)10(2)13-11-5-3-4-6-11/h3-4,7-8,10-11,13H,5-6H2,1-2H3. The van der Waals surface area contributed by atoms with Gasteiger partial charge in [-0.2, -0.15) is 0 Å². The summed E-state index contributed by atoms with van der Waals surface area (Å²) in [4.78, 5) is 1.48. The first-order valence-electron chi connectivity index (χ1n) is 5.22. The highest BCUT2D eigenvalue weighted by atomic mass is 32.1. The third kappa shape index (κ3) is 2.07. The first-order valence-corrected chi connectivity index (χ1v) is 6.10. The number of hydrogen-bond donors (Lipinski definition) is 1. The van der Waals surface area contributed by atoms with Crippen molar-refractivity contribution in [2.75, 3.05) is 0 Å². The molecule has 0 radical (unpaired) electrons. The molecule has 0 saturated carbocycles. The van der Waals surface area contributed by atoms with Crippen molar-refractivity contribution in [1.82, 2.24) is 5.32 Å². The van der Waals surface area contributed by atoms with Crippen LogP contribution in [0.5, 0.6) is 0 Å². The highest BCUT2D eigenvalue weighted by molar-refractivity contribution is 7.10. The Morgan fingerprint density at radius 1 is 1.43 bits per heavy atom. The molecule has 1 aromatic heterocycles. The number of rotatable bonds is 3. The van der Waals surface area contributed by atoms with E-state index in [9.17, 15) is 0 Å². The number of nitrogens with one attached hydrogen (secondary N) is 1. The molecule has 1 aliphatic carbocycles. The van der Waals surface area contributed by atoms with Gasteiger partial charge in [-0.3, -0.25) is 0 Å². The van der Waals surface area contributed by atoms with Crippen LogP contribution in [0.3, 0.4) is 0 Å². The molecule has 2 rings (SSSR count). The predicted molar refractivity (Wildman–Crippen MR) is 62.8 cm³/mol. The maximum Gasteiger partial charge on any atom is 0.0391 e. The molecular formula is C12H17NS. The lowest BCUT2D eigenvalue weighted by Gasteiger charge is -2.18. The number of hydrogen-bond acceptors (Lipinski definition) is 2. The molecule has 1 nitrogen and oxygen atoms in total. The topological polar surface area (TPSA) is 12.0 Å². The van der Waals surface area contributed by atoms with E-state index in [4.69, 9.17) is 0 Å². The molecule has 1 N–H and O–H groups in total. The van der Waals surface area contributed by atoms with Gasteiger partial charge in [-0.15, -0.1) is 11.3 Å². The summed E-state index contributed by atoms with van der Waals surface area (Å²) in [6.07, 6.45) is 6.92. The first-order chi connectivity index (χ1) is 6.77. The third-order valence-corrected chi connectivity index (χ3v) is 3.99. The van der Waals surface area contributed by atoms with Crippen LogP contribution >= 0.6 is 11.3 Å². The fourth-order valence-electron chi connectivity index (χ4n) is 2.01. The molecule has 1 aliphatic rings. The molecule has 0 amide bonds. The monoisotopic (exact) mass is 207 g/mol. The Morgan fingerprint density at radius 3 is 2.71 bits per heavy atom. The Hall–Kier alpha value is -0.600. The Bertz CT molecular complexity index is 319. The molecule has 0 aromatic carbocycles. The van der Waals surface area contributed by atoms with Gasteiger partial charge in [0.2, 0.25) is 0 Å². The fraction of sp³-hybridized carbons (Fsp3) is 0.500. The average Bonchev–Trinajstić information content (AvgIpc) is 2.75. The van der Waals surface area contributed by atoms with Gasteiger partial charge in [0.15, 0.2) is 0 Å². The highest BCUT2D eigenvalue weighted by Gasteiger charge is 2.15. The van der Waals surface area contributed by atoms with Crippen molar-refractivity contribution in [3.8, 4) is 0 Å². The summed E-state index contributed by atoms with van der Waals surface area (Å²) in [7, 11) is 0. The molecule has 0 spiro atoms. The van der Waals surface area contributed by atoms with Crippen LogP contribution in [-0.4, -0.2) is 6.04 Å². The van der Waals surface area contributed by atoms with E-state index in [-0.39, 0.29) is 0 Å². The zero-order valence-corrected chi connectivity index (χ0v) is 9.60.